The van der Waals surface area contributed by atoms with Crippen LogP contribution in [0, 0.1) is 0 Å². The maximum atomic E-state index is 5.30. The fourth-order valence-electron chi connectivity index (χ4n) is 2.59. The molecule has 1 saturated carbocycles. The molecule has 0 aliphatic heterocycles. The first-order valence-corrected chi connectivity index (χ1v) is 7.10. The molecule has 2 heterocycles. The van der Waals surface area contributed by atoms with Crippen LogP contribution < -0.4 is 0 Å². The highest BCUT2D eigenvalue weighted by Gasteiger charge is 2.30. The van der Waals surface area contributed by atoms with Gasteiger partial charge in [-0.3, -0.25) is 0 Å². The standard InChI is InChI=1S/C15H16N4O2/c1-20-9-13-17-14(21-18-13)8-19-12-5-3-2-4-11(12)16-15(19)10-6-7-10/h2-5,10H,6-9H2,1H3. The van der Waals surface area contributed by atoms with Gasteiger partial charge in [-0.25, -0.2) is 4.98 Å². The monoisotopic (exact) mass is 284 g/mol. The number of methoxy groups -OCH3 is 1. The molecule has 0 amide bonds. The van der Waals surface area contributed by atoms with Crippen molar-refractivity contribution in [2.45, 2.75) is 31.9 Å². The van der Waals surface area contributed by atoms with Crippen LogP contribution in [0.2, 0.25) is 0 Å². The summed E-state index contributed by atoms with van der Waals surface area (Å²) in [6, 6.07) is 8.17. The molecule has 0 atom stereocenters. The Hall–Kier alpha value is -2.21. The van der Waals surface area contributed by atoms with Gasteiger partial charge in [0, 0.05) is 13.0 Å². The second-order valence-corrected chi connectivity index (χ2v) is 5.36. The molecule has 1 aromatic carbocycles. The quantitative estimate of drug-likeness (QED) is 0.720. The minimum Gasteiger partial charge on any atom is -0.377 e. The number of imidazole rings is 1. The second kappa shape index (κ2) is 4.96. The lowest BCUT2D eigenvalue weighted by Crippen LogP contribution is -2.05. The number of aromatic nitrogens is 4. The molecular weight excluding hydrogens is 268 g/mol. The molecule has 1 fully saturated rings. The maximum Gasteiger partial charge on any atom is 0.246 e. The summed E-state index contributed by atoms with van der Waals surface area (Å²) in [6.07, 6.45) is 2.42. The summed E-state index contributed by atoms with van der Waals surface area (Å²) in [7, 11) is 1.62. The van der Waals surface area contributed by atoms with Gasteiger partial charge >= 0.3 is 0 Å². The van der Waals surface area contributed by atoms with E-state index >= 15 is 0 Å². The Morgan fingerprint density at radius 2 is 2.14 bits per heavy atom. The van der Waals surface area contributed by atoms with Gasteiger partial charge in [-0.1, -0.05) is 17.3 Å². The van der Waals surface area contributed by atoms with E-state index in [9.17, 15) is 0 Å². The average Bonchev–Trinajstić information content (AvgIpc) is 3.15. The fraction of sp³-hybridized carbons (Fsp3) is 0.400. The van der Waals surface area contributed by atoms with Gasteiger partial charge in [-0.2, -0.15) is 4.98 Å². The summed E-state index contributed by atoms with van der Waals surface area (Å²) in [6.45, 7) is 0.923. The number of benzene rings is 1. The van der Waals surface area contributed by atoms with Crippen LogP contribution in [0.1, 0.15) is 36.3 Å². The van der Waals surface area contributed by atoms with E-state index < -0.39 is 0 Å². The van der Waals surface area contributed by atoms with E-state index in [4.69, 9.17) is 14.2 Å². The first kappa shape index (κ1) is 12.5. The second-order valence-electron chi connectivity index (χ2n) is 5.36. The Bertz CT molecular complexity index is 773. The van der Waals surface area contributed by atoms with E-state index in [1.54, 1.807) is 7.11 Å². The van der Waals surface area contributed by atoms with Crippen molar-refractivity contribution in [1.82, 2.24) is 19.7 Å². The van der Waals surface area contributed by atoms with Crippen LogP contribution in [-0.2, 0) is 17.9 Å². The number of hydrogen-bond donors (Lipinski definition) is 0. The van der Waals surface area contributed by atoms with Gasteiger partial charge in [-0.15, -0.1) is 0 Å². The third-order valence-electron chi connectivity index (χ3n) is 3.70. The van der Waals surface area contributed by atoms with E-state index in [1.807, 2.05) is 18.2 Å². The molecule has 6 heteroatoms. The molecule has 0 unspecified atom stereocenters. The molecule has 21 heavy (non-hydrogen) atoms. The highest BCUT2D eigenvalue weighted by molar-refractivity contribution is 5.76. The zero-order valence-electron chi connectivity index (χ0n) is 11.8. The predicted molar refractivity (Wildman–Crippen MR) is 75.8 cm³/mol. The van der Waals surface area contributed by atoms with E-state index in [0.717, 1.165) is 16.9 Å². The van der Waals surface area contributed by atoms with Crippen LogP contribution in [0.25, 0.3) is 11.0 Å². The van der Waals surface area contributed by atoms with Crippen LogP contribution in [-0.4, -0.2) is 26.8 Å². The molecule has 0 spiro atoms. The normalized spacial score (nSPS) is 14.9. The van der Waals surface area contributed by atoms with Gasteiger partial charge in [0.1, 0.15) is 19.0 Å². The van der Waals surface area contributed by atoms with Gasteiger partial charge < -0.3 is 13.8 Å². The Morgan fingerprint density at radius 1 is 1.29 bits per heavy atom. The Labute approximate surface area is 121 Å². The largest absolute Gasteiger partial charge is 0.377 e. The van der Waals surface area contributed by atoms with Crippen LogP contribution in [0.15, 0.2) is 28.8 Å². The molecule has 108 valence electrons. The topological polar surface area (TPSA) is 66.0 Å². The molecular formula is C15H16N4O2. The minimum absolute atomic E-state index is 0.365. The van der Waals surface area contributed by atoms with Gasteiger partial charge in [0.2, 0.25) is 5.89 Å². The van der Waals surface area contributed by atoms with Crippen molar-refractivity contribution >= 4 is 11.0 Å². The summed E-state index contributed by atoms with van der Waals surface area (Å²) < 4.78 is 12.5. The van der Waals surface area contributed by atoms with Gasteiger partial charge in [0.15, 0.2) is 5.82 Å². The first-order valence-electron chi connectivity index (χ1n) is 7.10. The van der Waals surface area contributed by atoms with Crippen molar-refractivity contribution in [3.8, 4) is 0 Å². The molecule has 1 aliphatic carbocycles. The van der Waals surface area contributed by atoms with E-state index in [2.05, 4.69) is 20.8 Å². The van der Waals surface area contributed by atoms with Crippen molar-refractivity contribution in [3.05, 3.63) is 41.8 Å². The molecule has 6 nitrogen and oxygen atoms in total. The number of para-hydroxylation sites is 2. The van der Waals surface area contributed by atoms with Crippen molar-refractivity contribution in [2.24, 2.45) is 0 Å². The SMILES string of the molecule is COCc1noc(Cn2c(C3CC3)nc3ccccc32)n1. The summed E-state index contributed by atoms with van der Waals surface area (Å²) in [5, 5.41) is 3.91. The highest BCUT2D eigenvalue weighted by atomic mass is 16.5. The summed E-state index contributed by atoms with van der Waals surface area (Å²) in [5.41, 5.74) is 2.14. The molecule has 4 rings (SSSR count). The summed E-state index contributed by atoms with van der Waals surface area (Å²) >= 11 is 0. The van der Waals surface area contributed by atoms with E-state index in [-0.39, 0.29) is 0 Å². The third-order valence-corrected chi connectivity index (χ3v) is 3.70. The Kier molecular flexibility index (Phi) is 2.96. The van der Waals surface area contributed by atoms with Gasteiger partial charge in [0.25, 0.3) is 0 Å². The number of hydrogen-bond acceptors (Lipinski definition) is 5. The smallest absolute Gasteiger partial charge is 0.246 e. The number of rotatable bonds is 5. The molecule has 1 aliphatic rings. The predicted octanol–water partition coefficient (Wildman–Crippen LogP) is 2.49. The molecule has 0 bridgehead atoms. The molecule has 0 N–H and O–H groups in total. The lowest BCUT2D eigenvalue weighted by atomic mass is 10.3. The lowest BCUT2D eigenvalue weighted by molar-refractivity contribution is 0.174. The molecule has 0 saturated heterocycles. The summed E-state index contributed by atoms with van der Waals surface area (Å²) in [5.74, 6) is 2.86. The fourth-order valence-corrected chi connectivity index (χ4v) is 2.59. The zero-order chi connectivity index (χ0) is 14.2. The third kappa shape index (κ3) is 2.31. The van der Waals surface area contributed by atoms with E-state index in [0.29, 0.717) is 30.8 Å². The number of nitrogens with zero attached hydrogens (tertiary/aromatic N) is 4. The highest BCUT2D eigenvalue weighted by Crippen LogP contribution is 2.40. The number of fused-ring (bicyclic) bond motifs is 1. The van der Waals surface area contributed by atoms with Gasteiger partial charge in [0.05, 0.1) is 11.0 Å². The Balaban J connectivity index is 1.72. The van der Waals surface area contributed by atoms with Crippen molar-refractivity contribution in [1.29, 1.82) is 0 Å². The molecule has 3 aromatic rings. The van der Waals surface area contributed by atoms with Crippen molar-refractivity contribution in [2.75, 3.05) is 7.11 Å². The van der Waals surface area contributed by atoms with Crippen LogP contribution in [0.4, 0.5) is 0 Å². The molecule has 2 aromatic heterocycles. The van der Waals surface area contributed by atoms with Crippen LogP contribution in [0.3, 0.4) is 0 Å². The number of ether oxygens (including phenoxy) is 1. The van der Waals surface area contributed by atoms with Crippen LogP contribution >= 0.6 is 0 Å². The molecule has 0 radical (unpaired) electrons. The van der Waals surface area contributed by atoms with Crippen LogP contribution in [0.5, 0.6) is 0 Å². The maximum absolute atomic E-state index is 5.30. The minimum atomic E-state index is 0.365. The van der Waals surface area contributed by atoms with E-state index in [1.165, 1.54) is 12.8 Å². The average molecular weight is 284 g/mol. The first-order chi connectivity index (χ1) is 10.3. The summed E-state index contributed by atoms with van der Waals surface area (Å²) in [4.78, 5) is 9.11. The lowest BCUT2D eigenvalue weighted by Gasteiger charge is -2.05. The van der Waals surface area contributed by atoms with Crippen molar-refractivity contribution in [3.63, 3.8) is 0 Å². The Morgan fingerprint density at radius 3 is 2.95 bits per heavy atom. The van der Waals surface area contributed by atoms with Gasteiger partial charge in [-0.05, 0) is 25.0 Å². The zero-order valence-corrected chi connectivity index (χ0v) is 11.8. The van der Waals surface area contributed by atoms with Crippen molar-refractivity contribution < 1.29 is 9.26 Å².